The van der Waals surface area contributed by atoms with Crippen LogP contribution in [0.15, 0.2) is 24.3 Å². The quantitative estimate of drug-likeness (QED) is 0.568. The summed E-state index contributed by atoms with van der Waals surface area (Å²) in [6, 6.07) is 6.51. The van der Waals surface area contributed by atoms with Crippen molar-refractivity contribution in [3.8, 4) is 0 Å². The summed E-state index contributed by atoms with van der Waals surface area (Å²) >= 11 is 6.38. The highest BCUT2D eigenvalue weighted by molar-refractivity contribution is 7.25. The van der Waals surface area contributed by atoms with Crippen molar-refractivity contribution in [1.82, 2.24) is 0 Å². The van der Waals surface area contributed by atoms with E-state index in [1.54, 1.807) is 12.1 Å². The summed E-state index contributed by atoms with van der Waals surface area (Å²) < 4.78 is 29.5. The average molecular weight is 325 g/mol. The Morgan fingerprint density at radius 3 is 2.33 bits per heavy atom. The van der Waals surface area contributed by atoms with Gasteiger partial charge in [0, 0.05) is 10.8 Å². The topological polar surface area (TPSA) is 17.1 Å². The van der Waals surface area contributed by atoms with Crippen molar-refractivity contribution in [3.05, 3.63) is 47.0 Å². The Morgan fingerprint density at radius 2 is 1.71 bits per heavy atom. The van der Waals surface area contributed by atoms with Crippen molar-refractivity contribution in [1.29, 1.82) is 0 Å². The number of halogens is 3. The van der Waals surface area contributed by atoms with E-state index >= 15 is 0 Å². The van der Waals surface area contributed by atoms with E-state index in [0.717, 1.165) is 17.8 Å². The van der Waals surface area contributed by atoms with Crippen molar-refractivity contribution < 1.29 is 13.6 Å². The van der Waals surface area contributed by atoms with E-state index in [-0.39, 0.29) is 16.1 Å². The Bertz CT molecular complexity index is 870. The summed E-state index contributed by atoms with van der Waals surface area (Å²) in [5, 5.41) is 0.426. The molecule has 0 saturated carbocycles. The monoisotopic (exact) mass is 324 g/mol. The average Bonchev–Trinajstić information content (AvgIpc) is 2.83. The van der Waals surface area contributed by atoms with E-state index in [2.05, 4.69) is 0 Å². The van der Waals surface area contributed by atoms with Gasteiger partial charge in [0.15, 0.2) is 5.82 Å². The fourth-order valence-electron chi connectivity index (χ4n) is 2.49. The molecule has 1 heterocycles. The molecule has 1 aromatic heterocycles. The maximum atomic E-state index is 14.5. The fraction of sp³-hybridized carbons (Fsp3) is 0.188. The van der Waals surface area contributed by atoms with Gasteiger partial charge >= 0.3 is 0 Å². The smallest absolute Gasteiger partial charge is 0.255 e. The molecule has 0 amide bonds. The molecule has 0 unspecified atom stereocenters. The minimum absolute atomic E-state index is 0.176. The van der Waals surface area contributed by atoms with Crippen molar-refractivity contribution >= 4 is 48.4 Å². The molecule has 0 atom stereocenters. The summed E-state index contributed by atoms with van der Waals surface area (Å²) in [7, 11) is 0. The zero-order valence-electron chi connectivity index (χ0n) is 11.2. The predicted octanol–water partition coefficient (Wildman–Crippen LogP) is 5.66. The molecule has 1 nitrogen and oxygen atoms in total. The van der Waals surface area contributed by atoms with Gasteiger partial charge in [-0.3, -0.25) is 4.79 Å². The van der Waals surface area contributed by atoms with Gasteiger partial charge in [0.05, 0.1) is 15.0 Å². The van der Waals surface area contributed by atoms with Gasteiger partial charge in [0.25, 0.3) is 5.24 Å². The number of fused-ring (bicyclic) bond motifs is 3. The van der Waals surface area contributed by atoms with E-state index in [9.17, 15) is 13.6 Å². The lowest BCUT2D eigenvalue weighted by atomic mass is 10.1. The second-order valence-electron chi connectivity index (χ2n) is 4.84. The highest BCUT2D eigenvalue weighted by Crippen LogP contribution is 2.39. The van der Waals surface area contributed by atoms with Gasteiger partial charge < -0.3 is 0 Å². The molecule has 0 bridgehead atoms. The van der Waals surface area contributed by atoms with Gasteiger partial charge in [0.1, 0.15) is 5.82 Å². The molecule has 2 aromatic carbocycles. The number of rotatable bonds is 3. The summed E-state index contributed by atoms with van der Waals surface area (Å²) in [5.74, 6) is -0.973. The molecule has 21 heavy (non-hydrogen) atoms. The van der Waals surface area contributed by atoms with Crippen LogP contribution in [0.4, 0.5) is 8.78 Å². The van der Waals surface area contributed by atoms with Crippen molar-refractivity contribution in [2.24, 2.45) is 0 Å². The third-order valence-electron chi connectivity index (χ3n) is 3.50. The van der Waals surface area contributed by atoms with E-state index < -0.39 is 11.1 Å². The molecule has 0 aliphatic rings. The van der Waals surface area contributed by atoms with E-state index in [1.807, 2.05) is 13.0 Å². The number of benzene rings is 2. The first kappa shape index (κ1) is 14.4. The molecule has 3 aromatic rings. The van der Waals surface area contributed by atoms with Crippen LogP contribution in [0, 0.1) is 11.6 Å². The first-order valence-corrected chi connectivity index (χ1v) is 7.76. The fourth-order valence-corrected chi connectivity index (χ4v) is 3.84. The molecule has 0 saturated heterocycles. The van der Waals surface area contributed by atoms with Crippen molar-refractivity contribution in [3.63, 3.8) is 0 Å². The summed E-state index contributed by atoms with van der Waals surface area (Å²) in [6.07, 6.45) is 1.48. The minimum atomic E-state index is -0.848. The van der Waals surface area contributed by atoms with Gasteiger partial charge in [-0.1, -0.05) is 31.5 Å². The van der Waals surface area contributed by atoms with Gasteiger partial charge in [0.2, 0.25) is 0 Å². The minimum Gasteiger partial charge on any atom is -0.275 e. The molecule has 0 N–H and O–H groups in total. The van der Waals surface area contributed by atoms with Crippen LogP contribution >= 0.6 is 22.9 Å². The van der Waals surface area contributed by atoms with E-state index in [0.29, 0.717) is 27.5 Å². The van der Waals surface area contributed by atoms with Crippen molar-refractivity contribution in [2.45, 2.75) is 19.8 Å². The molecular formula is C16H11ClF2OS. The van der Waals surface area contributed by atoms with Crippen LogP contribution in [-0.2, 0) is 6.42 Å². The lowest BCUT2D eigenvalue weighted by Gasteiger charge is -2.02. The Hall–Kier alpha value is -1.52. The molecule has 3 rings (SSSR count). The summed E-state index contributed by atoms with van der Waals surface area (Å²) in [6.45, 7) is 1.98. The molecule has 0 aliphatic heterocycles. The number of hydrogen-bond acceptors (Lipinski definition) is 2. The third kappa shape index (κ3) is 2.23. The van der Waals surface area contributed by atoms with E-state index in [1.165, 1.54) is 6.07 Å². The normalized spacial score (nSPS) is 11.4. The van der Waals surface area contributed by atoms with Gasteiger partial charge in [-0.05, 0) is 29.7 Å². The second-order valence-corrected chi connectivity index (χ2v) is 6.21. The lowest BCUT2D eigenvalue weighted by molar-refractivity contribution is 0.107. The van der Waals surface area contributed by atoms with Crippen LogP contribution in [0.5, 0.6) is 0 Å². The summed E-state index contributed by atoms with van der Waals surface area (Å²) in [4.78, 5) is 11.2. The highest BCUT2D eigenvalue weighted by atomic mass is 35.5. The summed E-state index contributed by atoms with van der Waals surface area (Å²) in [5.41, 5.74) is 0.454. The van der Waals surface area contributed by atoms with Crippen molar-refractivity contribution in [2.75, 3.05) is 0 Å². The first-order chi connectivity index (χ1) is 10.0. The Labute approximate surface area is 129 Å². The Balaban J connectivity index is 2.36. The van der Waals surface area contributed by atoms with Gasteiger partial charge in [-0.15, -0.1) is 11.3 Å². The standard InChI is InChI=1S/C16H11ClF2OS/c1-2-3-8-4-5-9-10-6-7-11(16(17)20)13(19)15(10)21-14(9)12(8)18/h4-7H,2-3H2,1H3. The SMILES string of the molecule is CCCc1ccc2c(sc3c(F)c(C(=O)Cl)ccc32)c1F. The molecule has 108 valence electrons. The number of carbonyl (C=O) groups excluding carboxylic acids is 1. The predicted molar refractivity (Wildman–Crippen MR) is 83.4 cm³/mol. The zero-order chi connectivity index (χ0) is 15.1. The number of aryl methyl sites for hydroxylation is 1. The second kappa shape index (κ2) is 5.35. The molecule has 0 spiro atoms. The van der Waals surface area contributed by atoms with Gasteiger partial charge in [-0.25, -0.2) is 8.78 Å². The number of hydrogen-bond donors (Lipinski definition) is 0. The van der Waals surface area contributed by atoms with Crippen LogP contribution < -0.4 is 0 Å². The van der Waals surface area contributed by atoms with Crippen LogP contribution in [0.1, 0.15) is 29.3 Å². The van der Waals surface area contributed by atoms with Crippen LogP contribution in [0.25, 0.3) is 20.2 Å². The maximum Gasteiger partial charge on any atom is 0.255 e. The molecule has 0 radical (unpaired) electrons. The maximum absolute atomic E-state index is 14.5. The van der Waals surface area contributed by atoms with Gasteiger partial charge in [-0.2, -0.15) is 0 Å². The molecule has 0 fully saturated rings. The van der Waals surface area contributed by atoms with E-state index in [4.69, 9.17) is 11.6 Å². The lowest BCUT2D eigenvalue weighted by Crippen LogP contribution is -1.93. The molecule has 0 aliphatic carbocycles. The Kier molecular flexibility index (Phi) is 3.68. The van der Waals surface area contributed by atoms with Crippen LogP contribution in [-0.4, -0.2) is 5.24 Å². The molecule has 5 heteroatoms. The number of carbonyl (C=O) groups is 1. The number of thiophene rings is 1. The van der Waals surface area contributed by atoms with Crippen LogP contribution in [0.3, 0.4) is 0 Å². The highest BCUT2D eigenvalue weighted by Gasteiger charge is 2.18. The zero-order valence-corrected chi connectivity index (χ0v) is 12.7. The molecular weight excluding hydrogens is 314 g/mol. The van der Waals surface area contributed by atoms with Crippen LogP contribution in [0.2, 0.25) is 0 Å². The first-order valence-electron chi connectivity index (χ1n) is 6.56. The largest absolute Gasteiger partial charge is 0.275 e. The Morgan fingerprint density at radius 1 is 1.10 bits per heavy atom. The third-order valence-corrected chi connectivity index (χ3v) is 4.91.